The summed E-state index contributed by atoms with van der Waals surface area (Å²) < 4.78 is 0. The molecule has 0 saturated heterocycles. The number of amides is 2. The summed E-state index contributed by atoms with van der Waals surface area (Å²) in [6.07, 6.45) is 1.08. The molecule has 0 radical (unpaired) electrons. The van der Waals surface area contributed by atoms with Gasteiger partial charge in [-0.3, -0.25) is 9.59 Å². The number of nitrogens with one attached hydrogen (secondary N) is 2. The Labute approximate surface area is 127 Å². The Bertz CT molecular complexity index is 473. The van der Waals surface area contributed by atoms with Gasteiger partial charge >= 0.3 is 0 Å². The zero-order chi connectivity index (χ0) is 15.9. The molecule has 0 saturated carbocycles. The van der Waals surface area contributed by atoms with Gasteiger partial charge in [-0.1, -0.05) is 50.6 Å². The zero-order valence-corrected chi connectivity index (χ0v) is 13.5. The van der Waals surface area contributed by atoms with Crippen LogP contribution in [-0.2, 0) is 16.1 Å². The molecule has 0 aliphatic carbocycles. The van der Waals surface area contributed by atoms with Crippen LogP contribution in [0, 0.1) is 12.3 Å². The van der Waals surface area contributed by atoms with Crippen molar-refractivity contribution < 1.29 is 9.59 Å². The van der Waals surface area contributed by atoms with Crippen LogP contribution in [0.25, 0.3) is 0 Å². The molecular weight excluding hydrogens is 264 g/mol. The van der Waals surface area contributed by atoms with E-state index in [0.29, 0.717) is 25.9 Å². The van der Waals surface area contributed by atoms with Crippen LogP contribution in [0.4, 0.5) is 0 Å². The molecule has 0 heterocycles. The highest BCUT2D eigenvalue weighted by Gasteiger charge is 2.20. The molecule has 0 aliphatic heterocycles. The Kier molecular flexibility index (Phi) is 6.40. The number of hydrogen-bond donors (Lipinski definition) is 2. The van der Waals surface area contributed by atoms with Crippen molar-refractivity contribution in [3.05, 3.63) is 35.4 Å². The van der Waals surface area contributed by atoms with E-state index >= 15 is 0 Å². The molecule has 1 aromatic carbocycles. The Hall–Kier alpha value is -1.84. The summed E-state index contributed by atoms with van der Waals surface area (Å²) in [5.74, 6) is 0.0307. The quantitative estimate of drug-likeness (QED) is 0.791. The van der Waals surface area contributed by atoms with Crippen LogP contribution in [0.2, 0.25) is 0 Å². The van der Waals surface area contributed by atoms with E-state index in [9.17, 15) is 9.59 Å². The van der Waals surface area contributed by atoms with Gasteiger partial charge in [0, 0.05) is 24.9 Å². The van der Waals surface area contributed by atoms with Gasteiger partial charge in [-0.25, -0.2) is 0 Å². The lowest BCUT2D eigenvalue weighted by molar-refractivity contribution is -0.128. The van der Waals surface area contributed by atoms with Crippen LogP contribution in [0.15, 0.2) is 24.3 Å². The van der Waals surface area contributed by atoms with Crippen molar-refractivity contribution in [3.63, 3.8) is 0 Å². The maximum atomic E-state index is 11.7. The normalized spacial score (nSPS) is 11.0. The van der Waals surface area contributed by atoms with Crippen molar-refractivity contribution in [2.24, 2.45) is 5.41 Å². The van der Waals surface area contributed by atoms with E-state index in [1.807, 2.05) is 52.0 Å². The Morgan fingerprint density at radius 1 is 1.05 bits per heavy atom. The molecule has 2 N–H and O–H groups in total. The summed E-state index contributed by atoms with van der Waals surface area (Å²) in [6.45, 7) is 8.74. The minimum atomic E-state index is -0.381. The van der Waals surface area contributed by atoms with Gasteiger partial charge in [0.15, 0.2) is 0 Å². The number of hydrogen-bond acceptors (Lipinski definition) is 2. The Morgan fingerprint density at radius 2 is 1.67 bits per heavy atom. The molecule has 1 aromatic rings. The molecule has 0 aliphatic rings. The predicted molar refractivity (Wildman–Crippen MR) is 84.7 cm³/mol. The molecule has 4 heteroatoms. The highest BCUT2D eigenvalue weighted by molar-refractivity contribution is 5.81. The fourth-order valence-electron chi connectivity index (χ4n) is 1.71. The van der Waals surface area contributed by atoms with Gasteiger partial charge in [0.25, 0.3) is 0 Å². The lowest BCUT2D eigenvalue weighted by Crippen LogP contribution is -2.35. The van der Waals surface area contributed by atoms with Crippen molar-refractivity contribution in [1.29, 1.82) is 0 Å². The third-order valence-corrected chi connectivity index (χ3v) is 3.16. The standard InChI is InChI=1S/C17H26N2O2/c1-13-7-9-14(10-8-13)12-19-15(20)6-5-11-18-16(21)17(2,3)4/h7-10H,5-6,11-12H2,1-4H3,(H,18,21)(H,19,20). The van der Waals surface area contributed by atoms with Gasteiger partial charge in [-0.15, -0.1) is 0 Å². The molecule has 0 aromatic heterocycles. The van der Waals surface area contributed by atoms with Gasteiger partial charge in [0.1, 0.15) is 0 Å². The largest absolute Gasteiger partial charge is 0.356 e. The first-order valence-corrected chi connectivity index (χ1v) is 7.39. The maximum absolute atomic E-state index is 11.7. The second-order valence-electron chi connectivity index (χ2n) is 6.37. The molecule has 0 unspecified atom stereocenters. The lowest BCUT2D eigenvalue weighted by atomic mass is 9.96. The van der Waals surface area contributed by atoms with Crippen molar-refractivity contribution in [2.45, 2.75) is 47.1 Å². The molecular formula is C17H26N2O2. The first-order valence-electron chi connectivity index (χ1n) is 7.39. The fraction of sp³-hybridized carbons (Fsp3) is 0.529. The summed E-state index contributed by atoms with van der Waals surface area (Å²) in [4.78, 5) is 23.3. The summed E-state index contributed by atoms with van der Waals surface area (Å²) in [7, 11) is 0. The van der Waals surface area contributed by atoms with Crippen molar-refractivity contribution in [1.82, 2.24) is 10.6 Å². The van der Waals surface area contributed by atoms with E-state index in [2.05, 4.69) is 10.6 Å². The minimum Gasteiger partial charge on any atom is -0.356 e. The average molecular weight is 290 g/mol. The van der Waals surface area contributed by atoms with Gasteiger partial charge in [0.05, 0.1) is 0 Å². The number of carbonyl (C=O) groups excluding carboxylic acids is 2. The summed E-state index contributed by atoms with van der Waals surface area (Å²) in [5, 5.41) is 5.72. The maximum Gasteiger partial charge on any atom is 0.225 e. The molecule has 0 bridgehead atoms. The van der Waals surface area contributed by atoms with E-state index in [1.165, 1.54) is 5.56 Å². The van der Waals surface area contributed by atoms with E-state index in [0.717, 1.165) is 5.56 Å². The van der Waals surface area contributed by atoms with Crippen LogP contribution >= 0.6 is 0 Å². The summed E-state index contributed by atoms with van der Waals surface area (Å²) in [6, 6.07) is 8.09. The Morgan fingerprint density at radius 3 is 2.24 bits per heavy atom. The first kappa shape index (κ1) is 17.2. The molecule has 21 heavy (non-hydrogen) atoms. The molecule has 0 atom stereocenters. The van der Waals surface area contributed by atoms with Gasteiger partial charge in [0.2, 0.25) is 11.8 Å². The van der Waals surface area contributed by atoms with Crippen LogP contribution < -0.4 is 10.6 Å². The zero-order valence-electron chi connectivity index (χ0n) is 13.5. The molecule has 116 valence electrons. The van der Waals surface area contributed by atoms with Crippen LogP contribution in [0.1, 0.15) is 44.7 Å². The monoisotopic (exact) mass is 290 g/mol. The number of rotatable bonds is 6. The molecule has 0 spiro atoms. The third-order valence-electron chi connectivity index (χ3n) is 3.16. The lowest BCUT2D eigenvalue weighted by Gasteiger charge is -2.17. The molecule has 4 nitrogen and oxygen atoms in total. The van der Waals surface area contributed by atoms with Crippen molar-refractivity contribution in [2.75, 3.05) is 6.54 Å². The van der Waals surface area contributed by atoms with Gasteiger partial charge < -0.3 is 10.6 Å². The van der Waals surface area contributed by atoms with E-state index in [-0.39, 0.29) is 17.2 Å². The van der Waals surface area contributed by atoms with Crippen LogP contribution in [0.5, 0.6) is 0 Å². The highest BCUT2D eigenvalue weighted by Crippen LogP contribution is 2.12. The van der Waals surface area contributed by atoms with E-state index in [1.54, 1.807) is 0 Å². The average Bonchev–Trinajstić information content (AvgIpc) is 2.41. The third kappa shape index (κ3) is 6.93. The fourth-order valence-corrected chi connectivity index (χ4v) is 1.71. The van der Waals surface area contributed by atoms with Crippen LogP contribution in [-0.4, -0.2) is 18.4 Å². The van der Waals surface area contributed by atoms with E-state index in [4.69, 9.17) is 0 Å². The Balaban J connectivity index is 2.17. The van der Waals surface area contributed by atoms with Gasteiger partial charge in [-0.05, 0) is 18.9 Å². The minimum absolute atomic E-state index is 0.0144. The molecule has 2 amide bonds. The number of benzene rings is 1. The highest BCUT2D eigenvalue weighted by atomic mass is 16.2. The van der Waals surface area contributed by atoms with E-state index < -0.39 is 0 Å². The SMILES string of the molecule is Cc1ccc(CNC(=O)CCCNC(=O)C(C)(C)C)cc1. The van der Waals surface area contributed by atoms with Crippen LogP contribution in [0.3, 0.4) is 0 Å². The number of carbonyl (C=O) groups is 2. The molecule has 0 fully saturated rings. The first-order chi connectivity index (χ1) is 9.79. The summed E-state index contributed by atoms with van der Waals surface area (Å²) in [5.41, 5.74) is 1.92. The van der Waals surface area contributed by atoms with Gasteiger partial charge in [-0.2, -0.15) is 0 Å². The number of aryl methyl sites for hydroxylation is 1. The second kappa shape index (κ2) is 7.81. The predicted octanol–water partition coefficient (Wildman–Crippen LogP) is 2.55. The van der Waals surface area contributed by atoms with Crippen molar-refractivity contribution >= 4 is 11.8 Å². The molecule has 1 rings (SSSR count). The smallest absolute Gasteiger partial charge is 0.225 e. The van der Waals surface area contributed by atoms with Crippen molar-refractivity contribution in [3.8, 4) is 0 Å². The summed E-state index contributed by atoms with van der Waals surface area (Å²) >= 11 is 0. The topological polar surface area (TPSA) is 58.2 Å². The second-order valence-corrected chi connectivity index (χ2v) is 6.37.